The molecule has 0 aliphatic carbocycles. The third-order valence-corrected chi connectivity index (χ3v) is 3.21. The molecule has 0 heterocycles. The highest BCUT2D eigenvalue weighted by molar-refractivity contribution is 5.85. The topological polar surface area (TPSA) is 46.3 Å². The van der Waals surface area contributed by atoms with Crippen LogP contribution < -0.4 is 5.73 Å². The van der Waals surface area contributed by atoms with Crippen LogP contribution in [0.15, 0.2) is 30.3 Å². The molecular weight excluding hydrogens is 260 g/mol. The number of halogens is 1. The largest absolute Gasteiger partial charge is 0.341 e. The first kappa shape index (κ1) is 17.9. The molecule has 2 N–H and O–H groups in total. The summed E-state index contributed by atoms with van der Waals surface area (Å²) in [5.74, 6) is 0.242. The summed E-state index contributed by atoms with van der Waals surface area (Å²) in [4.78, 5) is 14.0. The maximum absolute atomic E-state index is 12.1. The van der Waals surface area contributed by atoms with Crippen LogP contribution in [0.2, 0.25) is 0 Å². The third kappa shape index (κ3) is 5.62. The van der Waals surface area contributed by atoms with Crippen LogP contribution in [0.5, 0.6) is 0 Å². The minimum Gasteiger partial charge on any atom is -0.341 e. The number of amides is 1. The summed E-state index contributed by atoms with van der Waals surface area (Å²) in [6.45, 7) is 7.41. The number of likely N-dealkylation sites (N-methyl/N-ethyl adjacent to an activating group) is 1. The van der Waals surface area contributed by atoms with Gasteiger partial charge in [-0.1, -0.05) is 44.2 Å². The zero-order valence-electron chi connectivity index (χ0n) is 12.0. The average molecular weight is 285 g/mol. The van der Waals surface area contributed by atoms with Crippen molar-refractivity contribution >= 4 is 18.3 Å². The average Bonchev–Trinajstić information content (AvgIpc) is 2.39. The molecule has 1 rings (SSSR count). The number of nitrogens with two attached hydrogens (primary N) is 1. The molecule has 19 heavy (non-hydrogen) atoms. The standard InChI is InChI=1S/C15H24N2O.ClH/c1-4-17(15(18)14(16)12(2)3)11-10-13-8-6-5-7-9-13;/h5-9,12,14H,4,10-11,16H2,1-3H3;1H. The van der Waals surface area contributed by atoms with Crippen molar-refractivity contribution in [2.24, 2.45) is 11.7 Å². The first-order valence-electron chi connectivity index (χ1n) is 6.64. The highest BCUT2D eigenvalue weighted by Gasteiger charge is 2.22. The number of hydrogen-bond acceptors (Lipinski definition) is 2. The van der Waals surface area contributed by atoms with Crippen molar-refractivity contribution in [2.75, 3.05) is 13.1 Å². The fourth-order valence-corrected chi connectivity index (χ4v) is 1.83. The van der Waals surface area contributed by atoms with Gasteiger partial charge < -0.3 is 10.6 Å². The summed E-state index contributed by atoms with van der Waals surface area (Å²) in [6.07, 6.45) is 0.880. The molecule has 3 nitrogen and oxygen atoms in total. The van der Waals surface area contributed by atoms with Gasteiger partial charge in [0, 0.05) is 13.1 Å². The van der Waals surface area contributed by atoms with Gasteiger partial charge in [-0.3, -0.25) is 4.79 Å². The Morgan fingerprint density at radius 1 is 1.26 bits per heavy atom. The van der Waals surface area contributed by atoms with E-state index < -0.39 is 0 Å². The molecule has 0 saturated carbocycles. The van der Waals surface area contributed by atoms with E-state index in [1.807, 2.05) is 43.9 Å². The molecule has 0 aromatic heterocycles. The van der Waals surface area contributed by atoms with E-state index >= 15 is 0 Å². The molecule has 0 radical (unpaired) electrons. The van der Waals surface area contributed by atoms with Gasteiger partial charge in [0.2, 0.25) is 5.91 Å². The second-order valence-electron chi connectivity index (χ2n) is 4.92. The fraction of sp³-hybridized carbons (Fsp3) is 0.533. The summed E-state index contributed by atoms with van der Waals surface area (Å²) in [6, 6.07) is 9.82. The van der Waals surface area contributed by atoms with Crippen LogP contribution in [0.4, 0.5) is 0 Å². The van der Waals surface area contributed by atoms with Crippen LogP contribution in [0.1, 0.15) is 26.3 Å². The summed E-state index contributed by atoms with van der Waals surface area (Å²) in [7, 11) is 0. The number of carbonyl (C=O) groups excluding carboxylic acids is 1. The summed E-state index contributed by atoms with van der Waals surface area (Å²) < 4.78 is 0. The number of nitrogens with zero attached hydrogens (tertiary/aromatic N) is 1. The molecule has 0 spiro atoms. The van der Waals surface area contributed by atoms with Gasteiger partial charge in [0.1, 0.15) is 0 Å². The SMILES string of the molecule is CCN(CCc1ccccc1)C(=O)C(N)C(C)C.Cl. The number of benzene rings is 1. The highest BCUT2D eigenvalue weighted by Crippen LogP contribution is 2.06. The normalized spacial score (nSPS) is 11.8. The van der Waals surface area contributed by atoms with Crippen molar-refractivity contribution < 1.29 is 4.79 Å². The van der Waals surface area contributed by atoms with Gasteiger partial charge in [-0.05, 0) is 24.8 Å². The third-order valence-electron chi connectivity index (χ3n) is 3.21. The van der Waals surface area contributed by atoms with Gasteiger partial charge in [-0.15, -0.1) is 12.4 Å². The van der Waals surface area contributed by atoms with E-state index in [0.29, 0.717) is 6.54 Å². The Labute approximate surface area is 122 Å². The number of carbonyl (C=O) groups is 1. The summed E-state index contributed by atoms with van der Waals surface area (Å²) >= 11 is 0. The van der Waals surface area contributed by atoms with Crippen LogP contribution in [0, 0.1) is 5.92 Å². The Morgan fingerprint density at radius 2 is 1.84 bits per heavy atom. The summed E-state index contributed by atoms with van der Waals surface area (Å²) in [5, 5.41) is 0. The van der Waals surface area contributed by atoms with E-state index in [2.05, 4.69) is 12.1 Å². The van der Waals surface area contributed by atoms with Crippen molar-refractivity contribution in [1.82, 2.24) is 4.90 Å². The molecule has 108 valence electrons. The number of rotatable bonds is 6. The highest BCUT2D eigenvalue weighted by atomic mass is 35.5. The van der Waals surface area contributed by atoms with Crippen LogP contribution in [0.25, 0.3) is 0 Å². The number of hydrogen-bond donors (Lipinski definition) is 1. The molecule has 0 aliphatic rings. The molecule has 0 bridgehead atoms. The van der Waals surface area contributed by atoms with Crippen LogP contribution in [0.3, 0.4) is 0 Å². The van der Waals surface area contributed by atoms with Gasteiger partial charge in [-0.25, -0.2) is 0 Å². The zero-order valence-corrected chi connectivity index (χ0v) is 12.8. The molecular formula is C15H25ClN2O. The maximum Gasteiger partial charge on any atom is 0.239 e. The molecule has 1 aromatic rings. The Kier molecular flexibility index (Phi) is 8.44. The molecule has 1 atom stereocenters. The van der Waals surface area contributed by atoms with Crippen LogP contribution in [-0.2, 0) is 11.2 Å². The smallest absolute Gasteiger partial charge is 0.239 e. The van der Waals surface area contributed by atoms with E-state index in [-0.39, 0.29) is 30.3 Å². The van der Waals surface area contributed by atoms with Gasteiger partial charge >= 0.3 is 0 Å². The van der Waals surface area contributed by atoms with Crippen molar-refractivity contribution in [3.05, 3.63) is 35.9 Å². The molecule has 1 unspecified atom stereocenters. The van der Waals surface area contributed by atoms with Gasteiger partial charge in [-0.2, -0.15) is 0 Å². The fourth-order valence-electron chi connectivity index (χ4n) is 1.83. The lowest BCUT2D eigenvalue weighted by Crippen LogP contribution is -2.47. The first-order valence-corrected chi connectivity index (χ1v) is 6.64. The Bertz CT molecular complexity index is 368. The van der Waals surface area contributed by atoms with E-state index in [9.17, 15) is 4.79 Å². The predicted octanol–water partition coefficient (Wildman–Crippen LogP) is 2.48. The first-order chi connectivity index (χ1) is 8.56. The lowest BCUT2D eigenvalue weighted by atomic mass is 10.0. The second kappa shape index (κ2) is 8.94. The zero-order chi connectivity index (χ0) is 13.5. The van der Waals surface area contributed by atoms with Crippen LogP contribution in [-0.4, -0.2) is 29.9 Å². The lowest BCUT2D eigenvalue weighted by Gasteiger charge is -2.26. The van der Waals surface area contributed by atoms with E-state index in [1.165, 1.54) is 5.56 Å². The van der Waals surface area contributed by atoms with E-state index in [0.717, 1.165) is 13.0 Å². The van der Waals surface area contributed by atoms with E-state index in [4.69, 9.17) is 5.73 Å². The minimum absolute atomic E-state index is 0. The molecule has 1 amide bonds. The van der Waals surface area contributed by atoms with Crippen molar-refractivity contribution in [2.45, 2.75) is 33.2 Å². The Hall–Kier alpha value is -1.06. The predicted molar refractivity (Wildman–Crippen MR) is 82.5 cm³/mol. The monoisotopic (exact) mass is 284 g/mol. The minimum atomic E-state index is -0.388. The van der Waals surface area contributed by atoms with E-state index in [1.54, 1.807) is 0 Å². The van der Waals surface area contributed by atoms with Crippen molar-refractivity contribution in [3.8, 4) is 0 Å². The maximum atomic E-state index is 12.1. The second-order valence-corrected chi connectivity index (χ2v) is 4.92. The molecule has 1 aromatic carbocycles. The van der Waals surface area contributed by atoms with Gasteiger partial charge in [0.15, 0.2) is 0 Å². The van der Waals surface area contributed by atoms with Crippen LogP contribution >= 0.6 is 12.4 Å². The lowest BCUT2D eigenvalue weighted by molar-refractivity contribution is -0.133. The van der Waals surface area contributed by atoms with Gasteiger partial charge in [0.05, 0.1) is 6.04 Å². The Morgan fingerprint density at radius 3 is 2.32 bits per heavy atom. The van der Waals surface area contributed by atoms with Crippen molar-refractivity contribution in [1.29, 1.82) is 0 Å². The quantitative estimate of drug-likeness (QED) is 0.872. The molecule has 0 fully saturated rings. The molecule has 4 heteroatoms. The summed E-state index contributed by atoms with van der Waals surface area (Å²) in [5.41, 5.74) is 7.17. The van der Waals surface area contributed by atoms with Gasteiger partial charge in [0.25, 0.3) is 0 Å². The molecule has 0 saturated heterocycles. The molecule has 0 aliphatic heterocycles. The van der Waals surface area contributed by atoms with Crippen molar-refractivity contribution in [3.63, 3.8) is 0 Å². The Balaban J connectivity index is 0.00000324.